The summed E-state index contributed by atoms with van der Waals surface area (Å²) >= 11 is 11.9. The van der Waals surface area contributed by atoms with Crippen molar-refractivity contribution in [2.75, 3.05) is 19.1 Å². The molecule has 0 atom stereocenters. The van der Waals surface area contributed by atoms with E-state index < -0.39 is 6.16 Å². The van der Waals surface area contributed by atoms with Crippen LogP contribution in [0.3, 0.4) is 0 Å². The van der Waals surface area contributed by atoms with E-state index in [1.165, 1.54) is 0 Å². The average molecular weight is 570 g/mol. The number of rotatable bonds is 6. The Kier molecular flexibility index (Phi) is 11.7. The molecular weight excluding hydrogens is 560 g/mol. The molecule has 0 amide bonds. The first-order valence-electron chi connectivity index (χ1n) is 4.13. The van der Waals surface area contributed by atoms with Gasteiger partial charge in [0.1, 0.15) is 6.61 Å². The highest BCUT2D eigenvalue weighted by molar-refractivity contribution is 14.2. The lowest BCUT2D eigenvalue weighted by Gasteiger charge is -2.05. The van der Waals surface area contributed by atoms with Gasteiger partial charge in [-0.2, -0.15) is 0 Å². The molecule has 0 aliphatic rings. The maximum absolute atomic E-state index is 11.0. The van der Waals surface area contributed by atoms with E-state index >= 15 is 0 Å². The zero-order valence-electron chi connectivity index (χ0n) is 7.77. The Hall–Kier alpha value is 1.49. The van der Waals surface area contributed by atoms with E-state index in [2.05, 4.69) is 67.8 Å². The first kappa shape index (κ1) is 16.5. The Morgan fingerprint density at radius 3 is 2.33 bits per heavy atom. The predicted octanol–water partition coefficient (Wildman–Crippen LogP) is 4.63. The van der Waals surface area contributed by atoms with E-state index in [-0.39, 0.29) is 6.61 Å². The molecule has 0 bridgehead atoms. The summed E-state index contributed by atoms with van der Waals surface area (Å²) in [4.78, 5) is 11.0. The van der Waals surface area contributed by atoms with E-state index in [9.17, 15) is 4.79 Å². The molecule has 0 aromatic carbocycles. The maximum Gasteiger partial charge on any atom is 0.508 e. The van der Waals surface area contributed by atoms with Gasteiger partial charge in [0.15, 0.2) is 0 Å². The van der Waals surface area contributed by atoms with Crippen LogP contribution >= 0.6 is 79.4 Å². The number of unbranched alkanes of at least 4 members (excludes halogenated alkanes) is 1. The highest BCUT2D eigenvalue weighted by atomic mass is 127. The van der Waals surface area contributed by atoms with Gasteiger partial charge in [0, 0.05) is 9.46 Å². The van der Waals surface area contributed by atoms with Crippen molar-refractivity contribution < 1.29 is 14.3 Å². The molecule has 7 heteroatoms. The van der Waals surface area contributed by atoms with Gasteiger partial charge >= 0.3 is 6.16 Å². The molecule has 0 aromatic heterocycles. The number of carbonyl (C=O) groups excluding carboxylic acids is 1. The van der Waals surface area contributed by atoms with Crippen LogP contribution in [-0.4, -0.2) is 25.2 Å². The minimum atomic E-state index is -0.618. The molecule has 0 aromatic rings. The van der Waals surface area contributed by atoms with Crippen molar-refractivity contribution in [3.63, 3.8) is 0 Å². The van der Waals surface area contributed by atoms with Gasteiger partial charge in [0.25, 0.3) is 0 Å². The molecule has 0 rings (SSSR count). The quantitative estimate of drug-likeness (QED) is 0.202. The van der Waals surface area contributed by atoms with Crippen molar-refractivity contribution >= 4 is 85.5 Å². The lowest BCUT2D eigenvalue weighted by Crippen LogP contribution is -2.09. The molecule has 0 fully saturated rings. The van der Waals surface area contributed by atoms with Crippen LogP contribution in [0.25, 0.3) is 0 Å². The largest absolute Gasteiger partial charge is 0.508 e. The van der Waals surface area contributed by atoms with Crippen LogP contribution in [-0.2, 0) is 9.47 Å². The summed E-state index contributed by atoms with van der Waals surface area (Å²) in [6.07, 6.45) is 1.00. The summed E-state index contributed by atoms with van der Waals surface area (Å²) in [5.74, 6) is 0.589. The minimum Gasteiger partial charge on any atom is -0.434 e. The van der Waals surface area contributed by atoms with Crippen LogP contribution in [0.4, 0.5) is 4.79 Å². The van der Waals surface area contributed by atoms with Crippen molar-refractivity contribution in [1.82, 2.24) is 0 Å². The zero-order valence-corrected chi connectivity index (χ0v) is 15.0. The Morgan fingerprint density at radius 2 is 1.80 bits per heavy atom. The Bertz CT molecular complexity index is 229. The number of carbonyl (C=O) groups is 1. The summed E-state index contributed by atoms with van der Waals surface area (Å²) in [5.41, 5.74) is 0. The summed E-state index contributed by atoms with van der Waals surface area (Å²) in [5, 5.41) is 0. The second-order valence-corrected chi connectivity index (χ2v) is 8.35. The molecule has 0 spiro atoms. The number of alkyl halides is 1. The standard InChI is InChI=1S/C8H10ClI3O3/c9-3-1-2-4-14-8(13)15-5-6(10)7(11)12/h1-5H2. The molecule has 0 aliphatic heterocycles. The fourth-order valence-electron chi connectivity index (χ4n) is 0.571. The van der Waals surface area contributed by atoms with Crippen LogP contribution in [0.15, 0.2) is 5.17 Å². The normalized spacial score (nSPS) is 9.60. The third-order valence-electron chi connectivity index (χ3n) is 1.27. The predicted molar refractivity (Wildman–Crippen MR) is 86.3 cm³/mol. The fourth-order valence-corrected chi connectivity index (χ4v) is 1.23. The summed E-state index contributed by atoms with van der Waals surface area (Å²) in [6, 6.07) is 0. The van der Waals surface area contributed by atoms with Gasteiger partial charge < -0.3 is 9.47 Å². The average Bonchev–Trinajstić information content (AvgIpc) is 2.20. The van der Waals surface area contributed by atoms with E-state index in [1.54, 1.807) is 0 Å². The van der Waals surface area contributed by atoms with Crippen LogP contribution in [0.2, 0.25) is 0 Å². The van der Waals surface area contributed by atoms with Gasteiger partial charge in [-0.1, -0.05) is 0 Å². The fraction of sp³-hybridized carbons (Fsp3) is 0.625. The van der Waals surface area contributed by atoms with E-state index in [1.807, 2.05) is 0 Å². The molecule has 0 saturated heterocycles. The molecule has 0 heterocycles. The van der Waals surface area contributed by atoms with Gasteiger partial charge in [-0.3, -0.25) is 0 Å². The molecule has 15 heavy (non-hydrogen) atoms. The van der Waals surface area contributed by atoms with Crippen molar-refractivity contribution in [2.45, 2.75) is 12.8 Å². The number of ether oxygens (including phenoxy) is 2. The third kappa shape index (κ3) is 10.4. The van der Waals surface area contributed by atoms with Crippen LogP contribution in [0.5, 0.6) is 0 Å². The molecule has 0 saturated carbocycles. The van der Waals surface area contributed by atoms with Gasteiger partial charge in [-0.05, 0) is 80.6 Å². The molecule has 0 radical (unpaired) electrons. The van der Waals surface area contributed by atoms with Crippen molar-refractivity contribution in [3.8, 4) is 0 Å². The first-order valence-corrected chi connectivity index (χ1v) is 7.90. The minimum absolute atomic E-state index is 0.274. The molecule has 0 N–H and O–H groups in total. The van der Waals surface area contributed by atoms with Crippen molar-refractivity contribution in [2.24, 2.45) is 0 Å². The first-order chi connectivity index (χ1) is 7.07. The summed E-state index contributed by atoms with van der Waals surface area (Å²) in [6.45, 7) is 0.642. The Labute approximate surface area is 135 Å². The number of halogens is 4. The highest BCUT2D eigenvalue weighted by Gasteiger charge is 2.05. The highest BCUT2D eigenvalue weighted by Crippen LogP contribution is 2.25. The smallest absolute Gasteiger partial charge is 0.434 e. The summed E-state index contributed by atoms with van der Waals surface area (Å²) in [7, 11) is 0. The zero-order chi connectivity index (χ0) is 11.7. The Balaban J connectivity index is 3.54. The van der Waals surface area contributed by atoms with Gasteiger partial charge in [-0.25, -0.2) is 4.79 Å². The van der Waals surface area contributed by atoms with Crippen LogP contribution in [0.1, 0.15) is 12.8 Å². The molecule has 0 unspecified atom stereocenters. The molecular formula is C8H10ClI3O3. The SMILES string of the molecule is O=C(OCCCCCl)OCC(I)=C(I)I. The maximum atomic E-state index is 11.0. The summed E-state index contributed by atoms with van der Waals surface area (Å²) < 4.78 is 11.8. The monoisotopic (exact) mass is 570 g/mol. The Morgan fingerprint density at radius 1 is 1.13 bits per heavy atom. The van der Waals surface area contributed by atoms with E-state index in [0.717, 1.165) is 18.0 Å². The van der Waals surface area contributed by atoms with Gasteiger partial charge in [0.2, 0.25) is 0 Å². The number of hydrogen-bond acceptors (Lipinski definition) is 3. The van der Waals surface area contributed by atoms with Crippen molar-refractivity contribution in [3.05, 3.63) is 5.17 Å². The van der Waals surface area contributed by atoms with Crippen LogP contribution < -0.4 is 0 Å². The molecule has 3 nitrogen and oxygen atoms in total. The van der Waals surface area contributed by atoms with Crippen molar-refractivity contribution in [1.29, 1.82) is 0 Å². The van der Waals surface area contributed by atoms with Gasteiger partial charge in [-0.15, -0.1) is 11.6 Å². The third-order valence-corrected chi connectivity index (χ3v) is 5.75. The lowest BCUT2D eigenvalue weighted by molar-refractivity contribution is 0.0621. The second-order valence-electron chi connectivity index (χ2n) is 2.45. The lowest BCUT2D eigenvalue weighted by atomic mass is 10.4. The molecule has 88 valence electrons. The molecule has 0 aliphatic carbocycles. The van der Waals surface area contributed by atoms with Gasteiger partial charge in [0.05, 0.1) is 8.19 Å². The van der Waals surface area contributed by atoms with Crippen LogP contribution in [0, 0.1) is 0 Å². The second kappa shape index (κ2) is 10.6. The number of hydrogen-bond donors (Lipinski definition) is 0. The topological polar surface area (TPSA) is 35.5 Å². The van der Waals surface area contributed by atoms with E-state index in [4.69, 9.17) is 21.1 Å². The van der Waals surface area contributed by atoms with E-state index in [0.29, 0.717) is 12.5 Å².